The fourth-order valence-corrected chi connectivity index (χ4v) is 4.66. The van der Waals surface area contributed by atoms with Crippen molar-refractivity contribution in [3.63, 3.8) is 0 Å². The van der Waals surface area contributed by atoms with Crippen LogP contribution in [-0.4, -0.2) is 32.5 Å². The number of aryl methyl sites for hydroxylation is 1. The molecule has 1 aromatic carbocycles. The topological polar surface area (TPSA) is 71.1 Å². The summed E-state index contributed by atoms with van der Waals surface area (Å²) >= 11 is 1.52. The molecule has 1 saturated heterocycles. The van der Waals surface area contributed by atoms with Crippen molar-refractivity contribution in [1.82, 2.24) is 15.0 Å². The van der Waals surface area contributed by atoms with Crippen LogP contribution < -0.4 is 10.0 Å². The minimum Gasteiger partial charge on any atom is -0.317 e. The average Bonchev–Trinajstić information content (AvgIpc) is 2.95. The summed E-state index contributed by atoms with van der Waals surface area (Å²) in [5, 5.41) is 6.04. The Balaban J connectivity index is 0.00000192. The van der Waals surface area contributed by atoms with Crippen molar-refractivity contribution in [1.29, 1.82) is 0 Å². The summed E-state index contributed by atoms with van der Waals surface area (Å²) in [5.41, 5.74) is 1.78. The number of nitrogens with one attached hydrogen (secondary N) is 2. The number of rotatable bonds is 4. The van der Waals surface area contributed by atoms with Gasteiger partial charge in [0.15, 0.2) is 0 Å². The molecule has 3 rings (SSSR count). The second-order valence-electron chi connectivity index (χ2n) is 5.47. The van der Waals surface area contributed by atoms with Gasteiger partial charge in [-0.05, 0) is 45.0 Å². The Bertz CT molecular complexity index is 756. The monoisotopic (exact) mass is 373 g/mol. The van der Waals surface area contributed by atoms with Crippen molar-refractivity contribution >= 4 is 33.8 Å². The third kappa shape index (κ3) is 4.51. The smallest absolute Gasteiger partial charge is 0.240 e. The van der Waals surface area contributed by atoms with E-state index in [0.717, 1.165) is 42.2 Å². The summed E-state index contributed by atoms with van der Waals surface area (Å²) in [6.45, 7) is 3.64. The summed E-state index contributed by atoms with van der Waals surface area (Å²) in [6, 6.07) is 7.00. The van der Waals surface area contributed by atoms with E-state index in [-0.39, 0.29) is 18.4 Å². The van der Waals surface area contributed by atoms with Crippen LogP contribution in [0.3, 0.4) is 0 Å². The number of nitrogens with zero attached hydrogens (tertiary/aromatic N) is 1. The molecule has 126 valence electrons. The molecule has 2 aromatic rings. The number of sulfonamides is 1. The maximum atomic E-state index is 12.5. The van der Waals surface area contributed by atoms with Gasteiger partial charge in [-0.3, -0.25) is 0 Å². The van der Waals surface area contributed by atoms with Gasteiger partial charge in [-0.1, -0.05) is 12.1 Å². The highest BCUT2D eigenvalue weighted by Gasteiger charge is 2.22. The Morgan fingerprint density at radius 2 is 2.04 bits per heavy atom. The molecule has 1 fully saturated rings. The van der Waals surface area contributed by atoms with E-state index in [4.69, 9.17) is 0 Å². The van der Waals surface area contributed by atoms with Crippen LogP contribution in [0.1, 0.15) is 18.5 Å². The standard InChI is InChI=1S/C15H19N3O2S2.ClH/c1-11-10-21-15(17-11)12-3-2-4-14(9-12)22(19,20)18-13-5-7-16-8-6-13;/h2-4,9-10,13,16,18H,5-8H2,1H3;1H. The van der Waals surface area contributed by atoms with Gasteiger partial charge in [-0.25, -0.2) is 18.1 Å². The molecular formula is C15H20ClN3O2S2. The van der Waals surface area contributed by atoms with E-state index in [1.165, 1.54) is 11.3 Å². The molecule has 1 aliphatic heterocycles. The molecule has 1 aromatic heterocycles. The van der Waals surface area contributed by atoms with Crippen LogP contribution in [0.25, 0.3) is 10.6 Å². The Hall–Kier alpha value is -0.990. The first-order valence-electron chi connectivity index (χ1n) is 7.30. The van der Waals surface area contributed by atoms with Gasteiger partial charge in [0.2, 0.25) is 10.0 Å². The summed E-state index contributed by atoms with van der Waals surface area (Å²) in [7, 11) is -3.48. The van der Waals surface area contributed by atoms with E-state index in [1.807, 2.05) is 18.4 Å². The van der Waals surface area contributed by atoms with Gasteiger partial charge >= 0.3 is 0 Å². The molecular weight excluding hydrogens is 354 g/mol. The van der Waals surface area contributed by atoms with Crippen molar-refractivity contribution in [2.24, 2.45) is 0 Å². The number of halogens is 1. The Morgan fingerprint density at radius 1 is 1.30 bits per heavy atom. The number of aromatic nitrogens is 1. The van der Waals surface area contributed by atoms with Crippen LogP contribution in [0.15, 0.2) is 34.5 Å². The molecule has 0 saturated carbocycles. The SMILES string of the molecule is Cc1csc(-c2cccc(S(=O)(=O)NC3CCNCC3)c2)n1.Cl. The molecule has 0 radical (unpaired) electrons. The van der Waals surface area contributed by atoms with E-state index in [1.54, 1.807) is 18.2 Å². The van der Waals surface area contributed by atoms with Gasteiger partial charge in [-0.15, -0.1) is 23.7 Å². The van der Waals surface area contributed by atoms with E-state index in [2.05, 4.69) is 15.0 Å². The number of benzene rings is 1. The van der Waals surface area contributed by atoms with Crippen molar-refractivity contribution in [3.8, 4) is 10.6 Å². The van der Waals surface area contributed by atoms with Crippen LogP contribution in [0.2, 0.25) is 0 Å². The highest BCUT2D eigenvalue weighted by atomic mass is 35.5. The first-order valence-corrected chi connectivity index (χ1v) is 9.66. The van der Waals surface area contributed by atoms with E-state index < -0.39 is 10.0 Å². The second-order valence-corrected chi connectivity index (χ2v) is 8.04. The first kappa shape index (κ1) is 18.4. The molecule has 5 nitrogen and oxygen atoms in total. The van der Waals surface area contributed by atoms with Crippen LogP contribution in [0.5, 0.6) is 0 Å². The summed E-state index contributed by atoms with van der Waals surface area (Å²) in [4.78, 5) is 4.72. The van der Waals surface area contributed by atoms with Gasteiger partial charge in [0, 0.05) is 22.7 Å². The zero-order chi connectivity index (χ0) is 15.6. The quantitative estimate of drug-likeness (QED) is 0.864. The predicted molar refractivity (Wildman–Crippen MR) is 95.7 cm³/mol. The highest BCUT2D eigenvalue weighted by molar-refractivity contribution is 7.89. The Kier molecular flexibility index (Phi) is 6.16. The summed E-state index contributed by atoms with van der Waals surface area (Å²) in [5.74, 6) is 0. The van der Waals surface area contributed by atoms with Gasteiger partial charge in [0.25, 0.3) is 0 Å². The van der Waals surface area contributed by atoms with Crippen LogP contribution in [0.4, 0.5) is 0 Å². The molecule has 0 bridgehead atoms. The van der Waals surface area contributed by atoms with Gasteiger partial charge in [-0.2, -0.15) is 0 Å². The molecule has 2 heterocycles. The fourth-order valence-electron chi connectivity index (χ4n) is 2.51. The van der Waals surface area contributed by atoms with Gasteiger partial charge in [0.05, 0.1) is 4.90 Å². The Morgan fingerprint density at radius 3 is 2.70 bits per heavy atom. The lowest BCUT2D eigenvalue weighted by Crippen LogP contribution is -2.42. The molecule has 8 heteroatoms. The number of hydrogen-bond donors (Lipinski definition) is 2. The molecule has 0 aliphatic carbocycles. The lowest BCUT2D eigenvalue weighted by Gasteiger charge is -2.23. The number of thiazole rings is 1. The second kappa shape index (κ2) is 7.72. The molecule has 2 N–H and O–H groups in total. The van der Waals surface area contributed by atoms with Crippen LogP contribution in [0, 0.1) is 6.92 Å². The lowest BCUT2D eigenvalue weighted by atomic mass is 10.1. The number of hydrogen-bond acceptors (Lipinski definition) is 5. The van der Waals surface area contributed by atoms with E-state index >= 15 is 0 Å². The molecule has 0 unspecified atom stereocenters. The maximum Gasteiger partial charge on any atom is 0.240 e. The maximum absolute atomic E-state index is 12.5. The zero-order valence-electron chi connectivity index (χ0n) is 12.8. The zero-order valence-corrected chi connectivity index (χ0v) is 15.2. The summed E-state index contributed by atoms with van der Waals surface area (Å²) in [6.07, 6.45) is 1.65. The molecule has 0 atom stereocenters. The molecule has 0 amide bonds. The molecule has 1 aliphatic rings. The fraction of sp³-hybridized carbons (Fsp3) is 0.400. The minimum atomic E-state index is -3.48. The highest BCUT2D eigenvalue weighted by Crippen LogP contribution is 2.25. The van der Waals surface area contributed by atoms with Crippen molar-refractivity contribution in [2.75, 3.05) is 13.1 Å². The van der Waals surface area contributed by atoms with Gasteiger partial charge < -0.3 is 5.32 Å². The van der Waals surface area contributed by atoms with Crippen LogP contribution >= 0.6 is 23.7 Å². The third-order valence-corrected chi connectivity index (χ3v) is 6.20. The predicted octanol–water partition coefficient (Wildman–Crippen LogP) is 2.57. The lowest BCUT2D eigenvalue weighted by molar-refractivity contribution is 0.427. The van der Waals surface area contributed by atoms with Gasteiger partial charge in [0.1, 0.15) is 5.01 Å². The average molecular weight is 374 g/mol. The van der Waals surface area contributed by atoms with Crippen molar-refractivity contribution < 1.29 is 8.42 Å². The van der Waals surface area contributed by atoms with Crippen molar-refractivity contribution in [3.05, 3.63) is 35.3 Å². The Labute approximate surface area is 147 Å². The van der Waals surface area contributed by atoms with E-state index in [9.17, 15) is 8.42 Å². The normalized spacial score (nSPS) is 16.0. The van der Waals surface area contributed by atoms with Crippen molar-refractivity contribution in [2.45, 2.75) is 30.7 Å². The van der Waals surface area contributed by atoms with Crippen LogP contribution in [-0.2, 0) is 10.0 Å². The molecule has 0 spiro atoms. The van der Waals surface area contributed by atoms with E-state index in [0.29, 0.717) is 4.90 Å². The largest absolute Gasteiger partial charge is 0.317 e. The summed E-state index contributed by atoms with van der Waals surface area (Å²) < 4.78 is 27.9. The first-order chi connectivity index (χ1) is 10.5. The minimum absolute atomic E-state index is 0. The number of piperidine rings is 1. The molecule has 23 heavy (non-hydrogen) atoms. The third-order valence-electron chi connectivity index (χ3n) is 3.67.